The summed E-state index contributed by atoms with van der Waals surface area (Å²) in [5.74, 6) is -0.876. The molecule has 0 unspecified atom stereocenters. The van der Waals surface area contributed by atoms with Crippen molar-refractivity contribution in [2.45, 2.75) is 6.61 Å². The fourth-order valence-electron chi connectivity index (χ4n) is 2.40. The summed E-state index contributed by atoms with van der Waals surface area (Å²) >= 11 is 0. The van der Waals surface area contributed by atoms with Gasteiger partial charge < -0.3 is 19.5 Å². The highest BCUT2D eigenvalue weighted by atomic mass is 16.6. The number of methoxy groups -OCH3 is 1. The second-order valence-corrected chi connectivity index (χ2v) is 5.53. The molecule has 1 amide bonds. The number of nitro groups is 1. The summed E-state index contributed by atoms with van der Waals surface area (Å²) < 4.78 is 15.7. The molecule has 0 atom stereocenters. The van der Waals surface area contributed by atoms with Crippen molar-refractivity contribution in [2.24, 2.45) is 0 Å². The molecule has 0 aliphatic carbocycles. The van der Waals surface area contributed by atoms with Crippen molar-refractivity contribution < 1.29 is 28.7 Å². The molecule has 3 rings (SSSR count). The molecular formula is C18H14N2O7. The molecule has 0 fully saturated rings. The molecule has 0 spiro atoms. The van der Waals surface area contributed by atoms with Gasteiger partial charge in [-0.2, -0.15) is 0 Å². The lowest BCUT2D eigenvalue weighted by Crippen LogP contribution is -2.25. The van der Waals surface area contributed by atoms with Crippen LogP contribution in [0.2, 0.25) is 0 Å². The van der Waals surface area contributed by atoms with Crippen LogP contribution in [0.1, 0.15) is 15.9 Å². The first kappa shape index (κ1) is 17.9. The van der Waals surface area contributed by atoms with Crippen LogP contribution in [0.5, 0.6) is 11.5 Å². The fourth-order valence-corrected chi connectivity index (χ4v) is 2.40. The maximum Gasteiger partial charge on any atom is 0.340 e. The number of carbonyl (C=O) groups excluding carboxylic acids is 2. The van der Waals surface area contributed by atoms with Crippen LogP contribution < -0.4 is 14.8 Å². The van der Waals surface area contributed by atoms with Crippen LogP contribution in [0, 0.1) is 10.1 Å². The van der Waals surface area contributed by atoms with Gasteiger partial charge in [-0.3, -0.25) is 14.9 Å². The number of hydrogen-bond donors (Lipinski definition) is 1. The van der Waals surface area contributed by atoms with E-state index < -0.39 is 16.8 Å². The number of ether oxygens (including phenoxy) is 3. The third kappa shape index (κ3) is 3.71. The van der Waals surface area contributed by atoms with E-state index >= 15 is 0 Å². The Morgan fingerprint density at radius 3 is 2.63 bits per heavy atom. The molecule has 1 aliphatic rings. The number of carbonyl (C=O) groups is 2. The maximum absolute atomic E-state index is 12.0. The standard InChI is InChI=1S/C18H14N2O7/c1-10-17(21)19-16-14(18(22)25-2)7-13(8-15(16)27-10)26-9-11-3-5-12(6-4-11)20(23)24/h3-8H,1,9H2,2H3,(H,19,21). The molecule has 1 aliphatic heterocycles. The van der Waals surface area contributed by atoms with Crippen molar-refractivity contribution in [2.75, 3.05) is 12.4 Å². The van der Waals surface area contributed by atoms with Crippen molar-refractivity contribution in [3.8, 4) is 11.5 Å². The van der Waals surface area contributed by atoms with Crippen molar-refractivity contribution >= 4 is 23.3 Å². The Morgan fingerprint density at radius 2 is 2.00 bits per heavy atom. The lowest BCUT2D eigenvalue weighted by atomic mass is 10.1. The molecule has 0 bridgehead atoms. The Kier molecular flexibility index (Phi) is 4.75. The Hall–Kier alpha value is -3.88. The maximum atomic E-state index is 12.0. The SMILES string of the molecule is C=C1Oc2cc(OCc3ccc([N+](=O)[O-])cc3)cc(C(=O)OC)c2NC1=O. The molecule has 0 saturated carbocycles. The number of nitrogens with one attached hydrogen (secondary N) is 1. The normalized spacial score (nSPS) is 12.5. The zero-order valence-corrected chi connectivity index (χ0v) is 14.2. The van der Waals surface area contributed by atoms with Crippen LogP contribution in [0.15, 0.2) is 48.7 Å². The Labute approximate surface area is 153 Å². The monoisotopic (exact) mass is 370 g/mol. The van der Waals surface area contributed by atoms with Gasteiger partial charge in [0.15, 0.2) is 11.5 Å². The summed E-state index contributed by atoms with van der Waals surface area (Å²) in [7, 11) is 1.21. The zero-order valence-electron chi connectivity index (χ0n) is 14.2. The smallest absolute Gasteiger partial charge is 0.340 e. The molecular weight excluding hydrogens is 356 g/mol. The van der Waals surface area contributed by atoms with E-state index in [-0.39, 0.29) is 40.8 Å². The largest absolute Gasteiger partial charge is 0.489 e. The minimum Gasteiger partial charge on any atom is -0.489 e. The number of rotatable bonds is 5. The van der Waals surface area contributed by atoms with Crippen molar-refractivity contribution in [3.05, 3.63) is 70.0 Å². The average molecular weight is 370 g/mol. The van der Waals surface area contributed by atoms with Crippen LogP contribution >= 0.6 is 0 Å². The number of nitrogens with zero attached hydrogens (tertiary/aromatic N) is 1. The average Bonchev–Trinajstić information content (AvgIpc) is 2.66. The Morgan fingerprint density at radius 1 is 1.30 bits per heavy atom. The quantitative estimate of drug-likeness (QED) is 0.372. The van der Waals surface area contributed by atoms with Crippen molar-refractivity contribution in [1.29, 1.82) is 0 Å². The predicted octanol–water partition coefficient (Wildman–Crippen LogP) is 2.80. The third-order valence-electron chi connectivity index (χ3n) is 3.76. The molecule has 0 saturated heterocycles. The fraction of sp³-hybridized carbons (Fsp3) is 0.111. The lowest BCUT2D eigenvalue weighted by Gasteiger charge is -2.22. The molecule has 0 radical (unpaired) electrons. The summed E-state index contributed by atoms with van der Waals surface area (Å²) in [6, 6.07) is 8.78. The first-order valence-electron chi connectivity index (χ1n) is 7.69. The van der Waals surface area contributed by atoms with Gasteiger partial charge in [-0.05, 0) is 23.8 Å². The lowest BCUT2D eigenvalue weighted by molar-refractivity contribution is -0.384. The Balaban J connectivity index is 1.86. The van der Waals surface area contributed by atoms with Gasteiger partial charge in [0, 0.05) is 18.2 Å². The highest BCUT2D eigenvalue weighted by Gasteiger charge is 2.27. The topological polar surface area (TPSA) is 117 Å². The minimum atomic E-state index is -0.677. The van der Waals surface area contributed by atoms with Crippen LogP contribution in [-0.2, 0) is 16.1 Å². The van der Waals surface area contributed by atoms with Crippen molar-refractivity contribution in [1.82, 2.24) is 0 Å². The summed E-state index contributed by atoms with van der Waals surface area (Å²) in [6.45, 7) is 3.59. The van der Waals surface area contributed by atoms with Gasteiger partial charge in [-0.1, -0.05) is 6.58 Å². The van der Waals surface area contributed by atoms with Gasteiger partial charge in [-0.15, -0.1) is 0 Å². The van der Waals surface area contributed by atoms with Crippen LogP contribution in [-0.4, -0.2) is 23.9 Å². The summed E-state index contributed by atoms with van der Waals surface area (Å²) in [6.07, 6.45) is 0. The molecule has 9 heteroatoms. The van der Waals surface area contributed by atoms with Gasteiger partial charge in [-0.25, -0.2) is 4.79 Å². The molecule has 1 heterocycles. The number of amides is 1. The molecule has 0 aromatic heterocycles. The van der Waals surface area contributed by atoms with Gasteiger partial charge in [0.25, 0.3) is 11.6 Å². The number of esters is 1. The van der Waals surface area contributed by atoms with E-state index in [2.05, 4.69) is 11.9 Å². The number of anilines is 1. The number of benzene rings is 2. The van der Waals surface area contributed by atoms with E-state index in [4.69, 9.17) is 14.2 Å². The predicted molar refractivity (Wildman–Crippen MR) is 93.6 cm³/mol. The highest BCUT2D eigenvalue weighted by Crippen LogP contribution is 2.38. The van der Waals surface area contributed by atoms with E-state index in [0.29, 0.717) is 5.56 Å². The van der Waals surface area contributed by atoms with Gasteiger partial charge >= 0.3 is 5.97 Å². The number of nitro benzene ring substituents is 1. The summed E-state index contributed by atoms with van der Waals surface area (Å²) in [5.41, 5.74) is 0.899. The number of hydrogen-bond acceptors (Lipinski definition) is 7. The van der Waals surface area contributed by atoms with Crippen LogP contribution in [0.25, 0.3) is 0 Å². The molecule has 1 N–H and O–H groups in total. The molecule has 2 aromatic carbocycles. The molecule has 9 nitrogen and oxygen atoms in total. The van der Waals surface area contributed by atoms with E-state index in [0.717, 1.165) is 0 Å². The molecule has 27 heavy (non-hydrogen) atoms. The van der Waals surface area contributed by atoms with Gasteiger partial charge in [0.05, 0.1) is 23.3 Å². The van der Waals surface area contributed by atoms with Crippen LogP contribution in [0.4, 0.5) is 11.4 Å². The summed E-state index contributed by atoms with van der Waals surface area (Å²) in [5, 5.41) is 13.2. The second-order valence-electron chi connectivity index (χ2n) is 5.53. The number of fused-ring (bicyclic) bond motifs is 1. The second kappa shape index (κ2) is 7.16. The van der Waals surface area contributed by atoms with Gasteiger partial charge in [0.2, 0.25) is 0 Å². The van der Waals surface area contributed by atoms with E-state index in [1.54, 1.807) is 12.1 Å². The Bertz CT molecular complexity index is 951. The van der Waals surface area contributed by atoms with Crippen molar-refractivity contribution in [3.63, 3.8) is 0 Å². The highest BCUT2D eigenvalue weighted by molar-refractivity contribution is 6.10. The third-order valence-corrected chi connectivity index (χ3v) is 3.76. The zero-order chi connectivity index (χ0) is 19.6. The molecule has 2 aromatic rings. The molecule has 138 valence electrons. The van der Waals surface area contributed by atoms with Gasteiger partial charge in [0.1, 0.15) is 12.4 Å². The first-order valence-corrected chi connectivity index (χ1v) is 7.69. The minimum absolute atomic E-state index is 0.0248. The first-order chi connectivity index (χ1) is 12.9. The van der Waals surface area contributed by atoms with E-state index in [1.807, 2.05) is 0 Å². The van der Waals surface area contributed by atoms with E-state index in [9.17, 15) is 19.7 Å². The summed E-state index contributed by atoms with van der Waals surface area (Å²) in [4.78, 5) is 34.0. The number of non-ortho nitro benzene ring substituents is 1. The van der Waals surface area contributed by atoms with E-state index in [1.165, 1.54) is 31.4 Å². The van der Waals surface area contributed by atoms with Crippen LogP contribution in [0.3, 0.4) is 0 Å².